The topological polar surface area (TPSA) is 26.3 Å². The number of fused-ring (bicyclic) bond motifs is 16. The second-order valence-electron chi connectivity index (χ2n) is 14.0. The number of hydrogen-bond acceptors (Lipinski definition) is 2. The fourth-order valence-electron chi connectivity index (χ4n) is 8.85. The molecule has 52 heavy (non-hydrogen) atoms. The van der Waals surface area contributed by atoms with Gasteiger partial charge in [0.25, 0.3) is 0 Å². The Morgan fingerprint density at radius 1 is 0.250 bits per heavy atom. The zero-order valence-electron chi connectivity index (χ0n) is 28.0. The van der Waals surface area contributed by atoms with E-state index in [2.05, 4.69) is 164 Å². The van der Waals surface area contributed by atoms with Crippen LogP contribution in [0.4, 0.5) is 0 Å². The quantitative estimate of drug-likeness (QED) is 0.173. The van der Waals surface area contributed by atoms with Gasteiger partial charge in [-0.2, -0.15) is 0 Å². The van der Waals surface area contributed by atoms with Gasteiger partial charge in [0.15, 0.2) is 0 Å². The molecule has 0 unspecified atom stereocenters. The van der Waals surface area contributed by atoms with Crippen molar-refractivity contribution in [1.29, 1.82) is 0 Å². The molecule has 0 N–H and O–H groups in total. The lowest BCUT2D eigenvalue weighted by molar-refractivity contribution is 0.668. The highest BCUT2D eigenvalue weighted by atomic mass is 16.3. The van der Waals surface area contributed by atoms with Crippen LogP contribution in [-0.4, -0.2) is 0 Å². The van der Waals surface area contributed by atoms with Crippen molar-refractivity contribution in [3.8, 4) is 22.3 Å². The molecule has 0 saturated heterocycles. The molecule has 0 aliphatic carbocycles. The minimum atomic E-state index is 0.897. The minimum absolute atomic E-state index is 0.897. The van der Waals surface area contributed by atoms with E-state index in [9.17, 15) is 0 Å². The zero-order valence-corrected chi connectivity index (χ0v) is 28.0. The molecule has 0 radical (unpaired) electrons. The minimum Gasteiger partial charge on any atom is -0.456 e. The van der Waals surface area contributed by atoms with Gasteiger partial charge in [0.05, 0.1) is 0 Å². The van der Waals surface area contributed by atoms with Crippen molar-refractivity contribution >= 4 is 97.7 Å². The number of rotatable bonds is 2. The molecule has 12 aromatic rings. The first kappa shape index (κ1) is 27.9. The Hall–Kier alpha value is -6.90. The van der Waals surface area contributed by atoms with E-state index in [-0.39, 0.29) is 0 Å². The largest absolute Gasteiger partial charge is 0.456 e. The van der Waals surface area contributed by atoms with E-state index in [0.29, 0.717) is 0 Å². The highest BCUT2D eigenvalue weighted by Gasteiger charge is 2.17. The lowest BCUT2D eigenvalue weighted by Gasteiger charge is -2.13. The molecule has 0 fully saturated rings. The standard InChI is InChI=1S/C50H28O2/c1-2-9-33-29(8-1)16-20-37-34(13-7-14-35(33)37)32-19-24-47-44(28-32)43-27-31(18-23-46(43)51-47)30-17-21-38-40-22-25-48-50(41-12-5-6-15-45(41)52-48)49(40)39-11-4-3-10-36(39)42(38)26-30/h1-28H. The van der Waals surface area contributed by atoms with Crippen LogP contribution < -0.4 is 0 Å². The van der Waals surface area contributed by atoms with Gasteiger partial charge in [-0.15, -0.1) is 0 Å². The number of furan rings is 2. The summed E-state index contributed by atoms with van der Waals surface area (Å²) < 4.78 is 12.7. The van der Waals surface area contributed by atoms with E-state index in [0.717, 1.165) is 38.5 Å². The summed E-state index contributed by atoms with van der Waals surface area (Å²) in [6.07, 6.45) is 0. The first-order valence-electron chi connectivity index (χ1n) is 17.8. The molecule has 2 heterocycles. The smallest absolute Gasteiger partial charge is 0.136 e. The van der Waals surface area contributed by atoms with Crippen LogP contribution in [0.1, 0.15) is 0 Å². The normalized spacial score (nSPS) is 12.2. The van der Waals surface area contributed by atoms with Crippen LogP contribution >= 0.6 is 0 Å². The number of para-hydroxylation sites is 1. The number of hydrogen-bond donors (Lipinski definition) is 0. The average molecular weight is 661 g/mol. The third-order valence-electron chi connectivity index (χ3n) is 11.2. The van der Waals surface area contributed by atoms with E-state index in [1.807, 2.05) is 6.07 Å². The van der Waals surface area contributed by atoms with Gasteiger partial charge in [0.2, 0.25) is 0 Å². The third-order valence-corrected chi connectivity index (χ3v) is 11.2. The third kappa shape index (κ3) is 3.84. The van der Waals surface area contributed by atoms with Crippen molar-refractivity contribution in [2.75, 3.05) is 0 Å². The van der Waals surface area contributed by atoms with Crippen LogP contribution in [0.2, 0.25) is 0 Å². The van der Waals surface area contributed by atoms with Crippen molar-refractivity contribution in [3.05, 3.63) is 170 Å². The molecule has 0 atom stereocenters. The summed E-state index contributed by atoms with van der Waals surface area (Å²) in [5.74, 6) is 0. The molecule has 0 aliphatic heterocycles. The van der Waals surface area contributed by atoms with E-state index in [1.54, 1.807) is 0 Å². The fraction of sp³-hybridized carbons (Fsp3) is 0. The van der Waals surface area contributed by atoms with Gasteiger partial charge in [-0.25, -0.2) is 0 Å². The molecule has 240 valence electrons. The molecule has 0 bridgehead atoms. The van der Waals surface area contributed by atoms with Gasteiger partial charge >= 0.3 is 0 Å². The maximum Gasteiger partial charge on any atom is 0.136 e. The van der Waals surface area contributed by atoms with Gasteiger partial charge in [-0.05, 0) is 119 Å². The van der Waals surface area contributed by atoms with Crippen molar-refractivity contribution in [2.24, 2.45) is 0 Å². The molecular formula is C50H28O2. The Morgan fingerprint density at radius 2 is 0.769 bits per heavy atom. The molecule has 2 aromatic heterocycles. The van der Waals surface area contributed by atoms with Gasteiger partial charge in [0, 0.05) is 26.9 Å². The predicted molar refractivity (Wildman–Crippen MR) is 219 cm³/mol. The molecule has 2 nitrogen and oxygen atoms in total. The van der Waals surface area contributed by atoms with Crippen molar-refractivity contribution in [3.63, 3.8) is 0 Å². The maximum atomic E-state index is 6.41. The highest BCUT2D eigenvalue weighted by molar-refractivity contribution is 6.34. The van der Waals surface area contributed by atoms with Gasteiger partial charge in [-0.1, -0.05) is 121 Å². The molecule has 0 amide bonds. The van der Waals surface area contributed by atoms with Gasteiger partial charge < -0.3 is 8.83 Å². The lowest BCUT2D eigenvalue weighted by atomic mass is 9.90. The maximum absolute atomic E-state index is 6.41. The Labute approximate surface area is 297 Å². The second kappa shape index (κ2) is 10.3. The Morgan fingerprint density at radius 3 is 1.63 bits per heavy atom. The summed E-state index contributed by atoms with van der Waals surface area (Å²) in [5.41, 5.74) is 8.40. The molecule has 10 aromatic carbocycles. The summed E-state index contributed by atoms with van der Waals surface area (Å²) in [7, 11) is 0. The van der Waals surface area contributed by atoms with Crippen LogP contribution in [0.15, 0.2) is 179 Å². The van der Waals surface area contributed by atoms with E-state index < -0.39 is 0 Å². The molecule has 2 heteroatoms. The Balaban J connectivity index is 1.05. The summed E-state index contributed by atoms with van der Waals surface area (Å²) in [5, 5.41) is 17.1. The van der Waals surface area contributed by atoms with Crippen LogP contribution in [0.5, 0.6) is 0 Å². The first-order valence-corrected chi connectivity index (χ1v) is 17.8. The summed E-state index contributed by atoms with van der Waals surface area (Å²) in [6.45, 7) is 0. The van der Waals surface area contributed by atoms with Gasteiger partial charge in [0.1, 0.15) is 22.3 Å². The van der Waals surface area contributed by atoms with Crippen molar-refractivity contribution in [2.45, 2.75) is 0 Å². The SMILES string of the molecule is c1ccc2c(c1)ccc1c(-c3ccc4oc5ccc(-c6ccc7c(c6)c6ccccc6c6c7ccc7oc8ccccc8c76)cc5c4c3)cccc12. The molecule has 0 aliphatic rings. The van der Waals surface area contributed by atoms with Crippen molar-refractivity contribution in [1.82, 2.24) is 0 Å². The summed E-state index contributed by atoms with van der Waals surface area (Å²) in [6, 6.07) is 61.4. The Bertz CT molecular complexity index is 3450. The molecule has 0 saturated carbocycles. The van der Waals surface area contributed by atoms with Crippen LogP contribution in [0, 0.1) is 0 Å². The van der Waals surface area contributed by atoms with E-state index >= 15 is 0 Å². The van der Waals surface area contributed by atoms with Crippen LogP contribution in [-0.2, 0) is 0 Å². The average Bonchev–Trinajstić information content (AvgIpc) is 3.78. The monoisotopic (exact) mass is 660 g/mol. The number of benzene rings is 10. The fourth-order valence-corrected chi connectivity index (χ4v) is 8.85. The first-order chi connectivity index (χ1) is 25.8. The van der Waals surface area contributed by atoms with E-state index in [4.69, 9.17) is 8.83 Å². The Kier molecular flexibility index (Phi) is 5.53. The van der Waals surface area contributed by atoms with Crippen LogP contribution in [0.25, 0.3) is 120 Å². The molecular weight excluding hydrogens is 633 g/mol. The molecule has 0 spiro atoms. The summed E-state index contributed by atoms with van der Waals surface area (Å²) >= 11 is 0. The second-order valence-corrected chi connectivity index (χ2v) is 14.0. The van der Waals surface area contributed by atoms with Gasteiger partial charge in [-0.3, -0.25) is 0 Å². The molecule has 12 rings (SSSR count). The highest BCUT2D eigenvalue weighted by Crippen LogP contribution is 2.44. The van der Waals surface area contributed by atoms with Crippen LogP contribution in [0.3, 0.4) is 0 Å². The summed E-state index contributed by atoms with van der Waals surface area (Å²) in [4.78, 5) is 0. The van der Waals surface area contributed by atoms with E-state index in [1.165, 1.54) is 81.5 Å². The zero-order chi connectivity index (χ0) is 33.9. The lowest BCUT2D eigenvalue weighted by Crippen LogP contribution is -1.86. The predicted octanol–water partition coefficient (Wildman–Crippen LogP) is 14.6. The van der Waals surface area contributed by atoms with Crippen molar-refractivity contribution < 1.29 is 8.83 Å².